The highest BCUT2D eigenvalue weighted by molar-refractivity contribution is 6.30. The summed E-state index contributed by atoms with van der Waals surface area (Å²) in [7, 11) is 1.85. The minimum absolute atomic E-state index is 0.0735. The smallest absolute Gasteiger partial charge is 0.410 e. The van der Waals surface area contributed by atoms with E-state index in [9.17, 15) is 4.79 Å². The van der Waals surface area contributed by atoms with Crippen molar-refractivity contribution in [3.05, 3.63) is 16.4 Å². The molecule has 1 amide bonds. The van der Waals surface area contributed by atoms with Crippen molar-refractivity contribution in [1.29, 1.82) is 0 Å². The third kappa shape index (κ3) is 4.03. The highest BCUT2D eigenvalue weighted by Crippen LogP contribution is 2.25. The molecule has 6 nitrogen and oxygen atoms in total. The van der Waals surface area contributed by atoms with Gasteiger partial charge in [-0.25, -0.2) is 4.79 Å². The fourth-order valence-electron chi connectivity index (χ4n) is 3.07. The molecule has 1 saturated heterocycles. The number of nitrogens with zero attached hydrogens (tertiary/aromatic N) is 4. The molecule has 2 rings (SSSR count). The largest absolute Gasteiger partial charge is 0.444 e. The van der Waals surface area contributed by atoms with Gasteiger partial charge >= 0.3 is 6.09 Å². The first-order chi connectivity index (χ1) is 11.0. The van der Waals surface area contributed by atoms with E-state index in [1.54, 1.807) is 4.68 Å². The number of aromatic nitrogens is 2. The van der Waals surface area contributed by atoms with Crippen molar-refractivity contribution in [1.82, 2.24) is 19.6 Å². The second-order valence-electron chi connectivity index (χ2n) is 7.60. The molecule has 136 valence electrons. The van der Waals surface area contributed by atoms with E-state index in [2.05, 4.69) is 23.8 Å². The van der Waals surface area contributed by atoms with Crippen molar-refractivity contribution in [3.63, 3.8) is 0 Å². The number of hydrogen-bond donors (Lipinski definition) is 0. The lowest BCUT2D eigenvalue weighted by molar-refractivity contribution is -0.0144. The summed E-state index contributed by atoms with van der Waals surface area (Å²) in [5.74, 6) is 0. The van der Waals surface area contributed by atoms with Crippen molar-refractivity contribution < 1.29 is 9.53 Å². The lowest BCUT2D eigenvalue weighted by Crippen LogP contribution is -2.59. The number of aryl methyl sites for hydroxylation is 2. The quantitative estimate of drug-likeness (QED) is 0.816. The summed E-state index contributed by atoms with van der Waals surface area (Å²) in [6, 6.07) is 0.284. The number of carbonyl (C=O) groups excluding carboxylic acids is 1. The minimum Gasteiger partial charge on any atom is -0.444 e. The molecule has 1 aliphatic rings. The summed E-state index contributed by atoms with van der Waals surface area (Å²) in [5, 5.41) is 5.06. The van der Waals surface area contributed by atoms with E-state index in [4.69, 9.17) is 16.3 Å². The predicted octanol–water partition coefficient (Wildman–Crippen LogP) is 3.21. The van der Waals surface area contributed by atoms with E-state index in [0.717, 1.165) is 24.3 Å². The Labute approximate surface area is 149 Å². The highest BCUT2D eigenvalue weighted by Gasteiger charge is 2.36. The molecule has 24 heavy (non-hydrogen) atoms. The molecule has 1 aromatic rings. The zero-order valence-corrected chi connectivity index (χ0v) is 16.5. The van der Waals surface area contributed by atoms with E-state index in [0.29, 0.717) is 11.7 Å². The van der Waals surface area contributed by atoms with Gasteiger partial charge in [-0.15, -0.1) is 0 Å². The first-order valence-corrected chi connectivity index (χ1v) is 8.80. The normalized spacial score (nSPS) is 22.8. The molecule has 0 aliphatic carbocycles. The second-order valence-corrected chi connectivity index (χ2v) is 7.96. The molecule has 2 atom stereocenters. The summed E-state index contributed by atoms with van der Waals surface area (Å²) in [6.45, 7) is 14.0. The third-order valence-corrected chi connectivity index (χ3v) is 5.13. The van der Waals surface area contributed by atoms with Gasteiger partial charge in [0.05, 0.1) is 5.69 Å². The summed E-state index contributed by atoms with van der Waals surface area (Å²) in [5.41, 5.74) is 1.54. The van der Waals surface area contributed by atoms with Crippen LogP contribution in [0.1, 0.15) is 45.9 Å². The maximum Gasteiger partial charge on any atom is 0.410 e. The Hall–Kier alpha value is -1.27. The van der Waals surface area contributed by atoms with Crippen LogP contribution in [-0.2, 0) is 18.3 Å². The Balaban J connectivity index is 2.07. The van der Waals surface area contributed by atoms with Gasteiger partial charge in [-0.2, -0.15) is 5.10 Å². The minimum atomic E-state index is -0.475. The molecule has 2 heterocycles. The van der Waals surface area contributed by atoms with Crippen LogP contribution in [0.5, 0.6) is 0 Å². The van der Waals surface area contributed by atoms with Crippen LogP contribution in [0.4, 0.5) is 4.79 Å². The van der Waals surface area contributed by atoms with Crippen molar-refractivity contribution >= 4 is 17.7 Å². The molecule has 7 heteroatoms. The molecular formula is C17H29ClN4O2. The fourth-order valence-corrected chi connectivity index (χ4v) is 3.30. The van der Waals surface area contributed by atoms with Gasteiger partial charge in [-0.1, -0.05) is 11.6 Å². The van der Waals surface area contributed by atoms with Gasteiger partial charge in [-0.05, 0) is 41.5 Å². The fraction of sp³-hybridized carbons (Fsp3) is 0.765. The van der Waals surface area contributed by atoms with Crippen molar-refractivity contribution in [2.45, 2.75) is 65.8 Å². The summed E-state index contributed by atoms with van der Waals surface area (Å²) >= 11 is 6.36. The average molecular weight is 357 g/mol. The Morgan fingerprint density at radius 2 is 1.92 bits per heavy atom. The van der Waals surface area contributed by atoms with Gasteiger partial charge in [0.1, 0.15) is 10.8 Å². The molecule has 1 fully saturated rings. The van der Waals surface area contributed by atoms with Gasteiger partial charge in [0.2, 0.25) is 0 Å². The van der Waals surface area contributed by atoms with Crippen LogP contribution >= 0.6 is 11.6 Å². The summed E-state index contributed by atoms with van der Waals surface area (Å²) in [6.07, 6.45) is -0.239. The van der Waals surface area contributed by atoms with Gasteiger partial charge in [0, 0.05) is 44.3 Å². The molecule has 0 saturated carbocycles. The lowest BCUT2D eigenvalue weighted by atomic mass is 10.0. The highest BCUT2D eigenvalue weighted by atomic mass is 35.5. The Morgan fingerprint density at radius 3 is 2.42 bits per heavy atom. The number of ether oxygens (including phenoxy) is 1. The van der Waals surface area contributed by atoms with Crippen LogP contribution < -0.4 is 0 Å². The molecule has 0 N–H and O–H groups in total. The first-order valence-electron chi connectivity index (χ1n) is 8.43. The van der Waals surface area contributed by atoms with Gasteiger partial charge in [0.15, 0.2) is 0 Å². The molecule has 0 aromatic carbocycles. The van der Waals surface area contributed by atoms with Crippen LogP contribution in [0.2, 0.25) is 5.15 Å². The summed E-state index contributed by atoms with van der Waals surface area (Å²) in [4.78, 5) is 16.6. The van der Waals surface area contributed by atoms with Crippen molar-refractivity contribution in [2.24, 2.45) is 7.05 Å². The number of amides is 1. The predicted molar refractivity (Wildman–Crippen MR) is 95.2 cm³/mol. The van der Waals surface area contributed by atoms with Crippen LogP contribution in [0.3, 0.4) is 0 Å². The number of halogens is 1. The van der Waals surface area contributed by atoms with E-state index in [1.807, 2.05) is 39.6 Å². The molecule has 0 unspecified atom stereocenters. The van der Waals surface area contributed by atoms with Crippen LogP contribution in [0.15, 0.2) is 0 Å². The van der Waals surface area contributed by atoms with Crippen molar-refractivity contribution in [2.75, 3.05) is 13.1 Å². The zero-order valence-electron chi connectivity index (χ0n) is 15.8. The maximum atomic E-state index is 12.4. The molecule has 1 aromatic heterocycles. The molecule has 1 aliphatic heterocycles. The topological polar surface area (TPSA) is 50.6 Å². The van der Waals surface area contributed by atoms with E-state index in [-0.39, 0.29) is 18.2 Å². The molecule has 0 radical (unpaired) electrons. The zero-order chi connectivity index (χ0) is 18.2. The lowest BCUT2D eigenvalue weighted by Gasteiger charge is -2.45. The number of carbonyl (C=O) groups is 1. The molecule has 0 bridgehead atoms. The van der Waals surface area contributed by atoms with Crippen LogP contribution in [0.25, 0.3) is 0 Å². The van der Waals surface area contributed by atoms with Gasteiger partial charge in [0.25, 0.3) is 0 Å². The second kappa shape index (κ2) is 6.92. The average Bonchev–Trinajstić information content (AvgIpc) is 2.68. The van der Waals surface area contributed by atoms with Gasteiger partial charge in [-0.3, -0.25) is 9.58 Å². The first kappa shape index (κ1) is 19.1. The summed E-state index contributed by atoms with van der Waals surface area (Å²) < 4.78 is 7.23. The van der Waals surface area contributed by atoms with Gasteiger partial charge < -0.3 is 9.64 Å². The maximum absolute atomic E-state index is 12.4. The van der Waals surface area contributed by atoms with E-state index < -0.39 is 5.60 Å². The Kier molecular flexibility index (Phi) is 5.50. The molecule has 0 spiro atoms. The van der Waals surface area contributed by atoms with E-state index >= 15 is 0 Å². The van der Waals surface area contributed by atoms with Crippen LogP contribution in [-0.4, -0.2) is 56.4 Å². The van der Waals surface area contributed by atoms with E-state index in [1.165, 1.54) is 0 Å². The Morgan fingerprint density at radius 1 is 1.29 bits per heavy atom. The standard InChI is InChI=1S/C17H29ClN4O2/c1-11-14(15(18)20(7)19-11)10-21-8-9-22(13(3)12(21)2)16(23)24-17(4,5)6/h12-13H,8-10H2,1-7H3/t12-,13+/m0/s1. The number of hydrogen-bond acceptors (Lipinski definition) is 4. The SMILES string of the molecule is Cc1nn(C)c(Cl)c1CN1CCN(C(=O)OC(C)(C)C)[C@H](C)[C@@H]1C. The number of piperazine rings is 1. The number of rotatable bonds is 2. The third-order valence-electron chi connectivity index (χ3n) is 4.65. The monoisotopic (exact) mass is 356 g/mol. The van der Waals surface area contributed by atoms with Crippen LogP contribution in [0, 0.1) is 6.92 Å². The molecular weight excluding hydrogens is 328 g/mol. The Bertz CT molecular complexity index is 608. The van der Waals surface area contributed by atoms with Crippen molar-refractivity contribution in [3.8, 4) is 0 Å².